The summed E-state index contributed by atoms with van der Waals surface area (Å²) in [6.45, 7) is -0.293. The molecule has 33 heavy (non-hydrogen) atoms. The molecular formula is C25H20FN3O4. The number of nitrogens with zero attached hydrogens (tertiary/aromatic N) is 1. The third kappa shape index (κ3) is 7.87. The maximum atomic E-state index is 12.9. The second-order valence-corrected chi connectivity index (χ2v) is 6.72. The van der Waals surface area contributed by atoms with Crippen LogP contribution in [0.25, 0.3) is 6.08 Å². The van der Waals surface area contributed by atoms with Crippen molar-refractivity contribution in [1.29, 1.82) is 0 Å². The van der Waals surface area contributed by atoms with Gasteiger partial charge in [0.1, 0.15) is 11.6 Å². The Kier molecular flexibility index (Phi) is 8.19. The van der Waals surface area contributed by atoms with Crippen LogP contribution in [-0.2, 0) is 9.59 Å². The first-order valence-electron chi connectivity index (χ1n) is 9.90. The number of rotatable bonds is 8. The lowest BCUT2D eigenvalue weighted by molar-refractivity contribution is -0.129. The molecule has 2 N–H and O–H groups in total. The van der Waals surface area contributed by atoms with E-state index in [1.807, 2.05) is 30.3 Å². The Balaban J connectivity index is 1.41. The van der Waals surface area contributed by atoms with Crippen LogP contribution in [0.1, 0.15) is 21.5 Å². The van der Waals surface area contributed by atoms with Crippen molar-refractivity contribution in [2.75, 3.05) is 6.54 Å². The zero-order valence-electron chi connectivity index (χ0n) is 17.4. The van der Waals surface area contributed by atoms with Gasteiger partial charge in [0.05, 0.1) is 12.8 Å². The smallest absolute Gasteiger partial charge is 0.336 e. The van der Waals surface area contributed by atoms with E-state index in [-0.39, 0.29) is 12.1 Å². The summed E-state index contributed by atoms with van der Waals surface area (Å²) in [5.41, 5.74) is 4.07. The summed E-state index contributed by atoms with van der Waals surface area (Å²) in [7, 11) is 0. The van der Waals surface area contributed by atoms with E-state index in [0.29, 0.717) is 11.3 Å². The summed E-state index contributed by atoms with van der Waals surface area (Å²) in [5, 5.41) is 6.22. The van der Waals surface area contributed by atoms with Crippen molar-refractivity contribution < 1.29 is 23.5 Å². The van der Waals surface area contributed by atoms with Crippen LogP contribution in [-0.4, -0.2) is 30.5 Å². The normalized spacial score (nSPS) is 10.8. The summed E-state index contributed by atoms with van der Waals surface area (Å²) < 4.78 is 18.1. The Hall–Kier alpha value is -4.59. The quantitative estimate of drug-likeness (QED) is 0.183. The fourth-order valence-electron chi connectivity index (χ4n) is 2.58. The van der Waals surface area contributed by atoms with Crippen molar-refractivity contribution >= 4 is 30.1 Å². The van der Waals surface area contributed by atoms with Gasteiger partial charge in [0, 0.05) is 11.6 Å². The molecule has 7 nitrogen and oxygen atoms in total. The van der Waals surface area contributed by atoms with Crippen molar-refractivity contribution in [3.8, 4) is 5.75 Å². The molecule has 3 aromatic rings. The van der Waals surface area contributed by atoms with E-state index in [2.05, 4.69) is 15.8 Å². The SMILES string of the molecule is O=C(CNC(=O)c1ccc(F)cc1)NN=Cc1ccc(OC(=O)C=Cc2ccccc2)cc1. The Morgan fingerprint density at radius 3 is 2.27 bits per heavy atom. The van der Waals surface area contributed by atoms with Gasteiger partial charge in [0.25, 0.3) is 11.8 Å². The van der Waals surface area contributed by atoms with Gasteiger partial charge >= 0.3 is 5.97 Å². The molecule has 0 aliphatic carbocycles. The second-order valence-electron chi connectivity index (χ2n) is 6.72. The van der Waals surface area contributed by atoms with E-state index < -0.39 is 23.6 Å². The van der Waals surface area contributed by atoms with Gasteiger partial charge in [-0.3, -0.25) is 9.59 Å². The lowest BCUT2D eigenvalue weighted by Crippen LogP contribution is -2.34. The average molecular weight is 445 g/mol. The van der Waals surface area contributed by atoms with Gasteiger partial charge in [0.2, 0.25) is 0 Å². The summed E-state index contributed by atoms with van der Waals surface area (Å²) in [4.78, 5) is 35.6. The van der Waals surface area contributed by atoms with Gasteiger partial charge in [-0.2, -0.15) is 5.10 Å². The van der Waals surface area contributed by atoms with Crippen LogP contribution in [0.3, 0.4) is 0 Å². The number of ether oxygens (including phenoxy) is 1. The molecule has 0 unspecified atom stereocenters. The molecule has 0 saturated heterocycles. The summed E-state index contributed by atoms with van der Waals surface area (Å²) in [6.07, 6.45) is 4.41. The van der Waals surface area contributed by atoms with Crippen LogP contribution in [0.4, 0.5) is 4.39 Å². The Morgan fingerprint density at radius 1 is 0.879 bits per heavy atom. The van der Waals surface area contributed by atoms with Crippen LogP contribution < -0.4 is 15.5 Å². The highest BCUT2D eigenvalue weighted by molar-refractivity contribution is 5.96. The Morgan fingerprint density at radius 2 is 1.58 bits per heavy atom. The molecule has 0 aliphatic rings. The van der Waals surface area contributed by atoms with Crippen LogP contribution >= 0.6 is 0 Å². The van der Waals surface area contributed by atoms with Crippen molar-refractivity contribution in [3.63, 3.8) is 0 Å². The fraction of sp³-hybridized carbons (Fsp3) is 0.0400. The zero-order valence-corrected chi connectivity index (χ0v) is 17.4. The van der Waals surface area contributed by atoms with Crippen molar-refractivity contribution in [1.82, 2.24) is 10.7 Å². The van der Waals surface area contributed by atoms with Gasteiger partial charge < -0.3 is 10.1 Å². The molecule has 0 aliphatic heterocycles. The van der Waals surface area contributed by atoms with Crippen LogP contribution in [0.15, 0.2) is 90.0 Å². The minimum atomic E-state index is -0.530. The molecule has 0 spiro atoms. The zero-order chi connectivity index (χ0) is 23.5. The van der Waals surface area contributed by atoms with E-state index in [1.54, 1.807) is 30.3 Å². The molecule has 8 heteroatoms. The molecular weight excluding hydrogens is 425 g/mol. The monoisotopic (exact) mass is 445 g/mol. The van der Waals surface area contributed by atoms with Crippen LogP contribution in [0.5, 0.6) is 5.75 Å². The van der Waals surface area contributed by atoms with Gasteiger partial charge in [-0.05, 0) is 65.7 Å². The van der Waals surface area contributed by atoms with Gasteiger partial charge in [0.15, 0.2) is 0 Å². The largest absolute Gasteiger partial charge is 0.423 e. The van der Waals surface area contributed by atoms with E-state index in [0.717, 1.165) is 17.7 Å². The molecule has 3 aromatic carbocycles. The lowest BCUT2D eigenvalue weighted by Gasteiger charge is -2.04. The number of carbonyl (C=O) groups is 3. The number of hydrazone groups is 1. The molecule has 3 rings (SSSR count). The number of esters is 1. The molecule has 166 valence electrons. The van der Waals surface area contributed by atoms with Gasteiger partial charge in [-0.25, -0.2) is 14.6 Å². The lowest BCUT2D eigenvalue weighted by atomic mass is 10.2. The second kappa shape index (κ2) is 11.7. The number of amides is 2. The third-order valence-electron chi connectivity index (χ3n) is 4.23. The topological polar surface area (TPSA) is 96.9 Å². The maximum absolute atomic E-state index is 12.9. The third-order valence-corrected chi connectivity index (χ3v) is 4.23. The number of hydrogen-bond acceptors (Lipinski definition) is 5. The van der Waals surface area contributed by atoms with Crippen molar-refractivity contribution in [3.05, 3.63) is 107 Å². The molecule has 2 amide bonds. The minimum absolute atomic E-state index is 0.240. The average Bonchev–Trinajstić information content (AvgIpc) is 2.83. The van der Waals surface area contributed by atoms with Crippen molar-refractivity contribution in [2.24, 2.45) is 5.10 Å². The number of hydrogen-bond donors (Lipinski definition) is 2. The molecule has 0 radical (unpaired) electrons. The number of halogens is 1. The summed E-state index contributed by atoms with van der Waals surface area (Å²) in [6, 6.07) is 20.9. The minimum Gasteiger partial charge on any atom is -0.423 e. The predicted molar refractivity (Wildman–Crippen MR) is 122 cm³/mol. The molecule has 0 aromatic heterocycles. The predicted octanol–water partition coefficient (Wildman–Crippen LogP) is 3.32. The standard InChI is InChI=1S/C25H20FN3O4/c26-21-11-9-20(10-12-21)25(32)27-17-23(30)29-28-16-19-6-13-22(14-7-19)33-24(31)15-8-18-4-2-1-3-5-18/h1-16H,17H2,(H,27,32)(H,29,30). The highest BCUT2D eigenvalue weighted by Gasteiger charge is 2.07. The van der Waals surface area contributed by atoms with E-state index in [4.69, 9.17) is 4.74 Å². The first-order chi connectivity index (χ1) is 16.0. The highest BCUT2D eigenvalue weighted by atomic mass is 19.1. The Bertz CT molecular complexity index is 1160. The van der Waals surface area contributed by atoms with Crippen LogP contribution in [0.2, 0.25) is 0 Å². The number of carbonyl (C=O) groups excluding carboxylic acids is 3. The maximum Gasteiger partial charge on any atom is 0.336 e. The van der Waals surface area contributed by atoms with Gasteiger partial charge in [-0.15, -0.1) is 0 Å². The molecule has 0 heterocycles. The first-order valence-corrected chi connectivity index (χ1v) is 9.90. The highest BCUT2D eigenvalue weighted by Crippen LogP contribution is 2.12. The fourth-order valence-corrected chi connectivity index (χ4v) is 2.58. The van der Waals surface area contributed by atoms with E-state index in [1.165, 1.54) is 24.4 Å². The summed E-state index contributed by atoms with van der Waals surface area (Å²) >= 11 is 0. The van der Waals surface area contributed by atoms with E-state index in [9.17, 15) is 18.8 Å². The number of benzene rings is 3. The molecule has 0 atom stereocenters. The Labute approximate surface area is 189 Å². The van der Waals surface area contributed by atoms with E-state index >= 15 is 0 Å². The van der Waals surface area contributed by atoms with Crippen molar-refractivity contribution in [2.45, 2.75) is 0 Å². The number of nitrogens with one attached hydrogen (secondary N) is 2. The molecule has 0 saturated carbocycles. The van der Waals surface area contributed by atoms with Gasteiger partial charge in [-0.1, -0.05) is 30.3 Å². The molecule has 0 bridgehead atoms. The molecule has 0 fully saturated rings. The summed E-state index contributed by atoms with van der Waals surface area (Å²) in [5.74, 6) is -1.63. The first kappa shape index (κ1) is 23.1. The van der Waals surface area contributed by atoms with Crippen LogP contribution in [0, 0.1) is 5.82 Å².